The maximum absolute atomic E-state index is 12.5. The lowest BCUT2D eigenvalue weighted by atomic mass is 9.98. The summed E-state index contributed by atoms with van der Waals surface area (Å²) in [5.41, 5.74) is 6.53. The van der Waals surface area contributed by atoms with Crippen molar-refractivity contribution in [3.8, 4) is 17.6 Å². The van der Waals surface area contributed by atoms with E-state index in [9.17, 15) is 14.9 Å². The van der Waals surface area contributed by atoms with Crippen LogP contribution in [0.5, 0.6) is 11.5 Å². The summed E-state index contributed by atoms with van der Waals surface area (Å²) in [6, 6.07) is 14.3. The largest absolute Gasteiger partial charge is 0.454 e. The number of ether oxygens (including phenoxy) is 1. The summed E-state index contributed by atoms with van der Waals surface area (Å²) in [5, 5.41) is 11.5. The topological polar surface area (TPSA) is 109 Å². The van der Waals surface area contributed by atoms with E-state index >= 15 is 0 Å². The Bertz CT molecular complexity index is 1190. The maximum atomic E-state index is 12.5. The first-order valence-electron chi connectivity index (χ1n) is 8.98. The smallest absolute Gasteiger partial charge is 0.277 e. The van der Waals surface area contributed by atoms with Crippen molar-refractivity contribution < 1.29 is 14.3 Å². The summed E-state index contributed by atoms with van der Waals surface area (Å²) < 4.78 is 5.88. The van der Waals surface area contributed by atoms with Crippen LogP contribution < -0.4 is 15.4 Å². The number of hydrogen-bond donors (Lipinski definition) is 1. The molecule has 2 amide bonds. The molecule has 0 aliphatic carbocycles. The minimum Gasteiger partial charge on any atom is -0.454 e. The molecule has 0 radical (unpaired) electrons. The van der Waals surface area contributed by atoms with Gasteiger partial charge < -0.3 is 10.5 Å². The van der Waals surface area contributed by atoms with Crippen LogP contribution in [0.2, 0.25) is 5.02 Å². The lowest BCUT2D eigenvalue weighted by molar-refractivity contribution is -0.117. The van der Waals surface area contributed by atoms with Crippen molar-refractivity contribution in [3.05, 3.63) is 69.0 Å². The van der Waals surface area contributed by atoms with Crippen molar-refractivity contribution >= 4 is 40.6 Å². The Balaban J connectivity index is 1.57. The molecule has 0 unspecified atom stereocenters. The zero-order chi connectivity index (χ0) is 21.3. The van der Waals surface area contributed by atoms with Gasteiger partial charge in [0.1, 0.15) is 23.4 Å². The minimum absolute atomic E-state index is 0.0893. The highest BCUT2D eigenvalue weighted by Gasteiger charge is 2.33. The van der Waals surface area contributed by atoms with Gasteiger partial charge in [-0.15, -0.1) is 11.3 Å². The highest BCUT2D eigenvalue weighted by Crippen LogP contribution is 2.37. The molecule has 2 N–H and O–H groups in total. The average molecular weight is 439 g/mol. The number of hydrogen-bond acceptors (Lipinski definition) is 6. The Morgan fingerprint density at radius 1 is 1.30 bits per heavy atom. The van der Waals surface area contributed by atoms with E-state index in [0.717, 1.165) is 16.9 Å². The first kappa shape index (κ1) is 19.9. The molecule has 0 saturated carbocycles. The second-order valence-corrected chi connectivity index (χ2v) is 7.95. The normalized spacial score (nSPS) is 15.8. The Morgan fingerprint density at radius 2 is 2.10 bits per heavy atom. The van der Waals surface area contributed by atoms with Crippen molar-refractivity contribution in [2.24, 2.45) is 5.73 Å². The van der Waals surface area contributed by atoms with Crippen LogP contribution >= 0.6 is 22.9 Å². The number of amides is 2. The van der Waals surface area contributed by atoms with E-state index in [-0.39, 0.29) is 16.8 Å². The van der Waals surface area contributed by atoms with Crippen LogP contribution in [0.3, 0.4) is 0 Å². The van der Waals surface area contributed by atoms with E-state index in [1.807, 2.05) is 6.07 Å². The van der Waals surface area contributed by atoms with Crippen molar-refractivity contribution in [2.75, 3.05) is 11.4 Å². The predicted molar refractivity (Wildman–Crippen MR) is 113 cm³/mol. The second-order valence-electron chi connectivity index (χ2n) is 6.68. The van der Waals surface area contributed by atoms with Crippen LogP contribution in [0.25, 0.3) is 0 Å². The Labute approximate surface area is 181 Å². The van der Waals surface area contributed by atoms with Crippen LogP contribution in [0.4, 0.5) is 5.82 Å². The molecule has 0 spiro atoms. The first-order valence-corrected chi connectivity index (χ1v) is 10.2. The number of carbonyl (C=O) groups is 2. The fourth-order valence-electron chi connectivity index (χ4n) is 3.27. The second kappa shape index (κ2) is 8.14. The molecule has 1 saturated heterocycles. The highest BCUT2D eigenvalue weighted by atomic mass is 35.5. The van der Waals surface area contributed by atoms with Crippen molar-refractivity contribution in [1.29, 1.82) is 5.26 Å². The average Bonchev–Trinajstić information content (AvgIpc) is 3.37. The van der Waals surface area contributed by atoms with Gasteiger partial charge in [0.05, 0.1) is 10.6 Å². The number of primary amides is 1. The molecule has 0 bridgehead atoms. The van der Waals surface area contributed by atoms with Gasteiger partial charge in [-0.25, -0.2) is 4.98 Å². The predicted octanol–water partition coefficient (Wildman–Crippen LogP) is 4.08. The molecule has 150 valence electrons. The van der Waals surface area contributed by atoms with Gasteiger partial charge in [0.2, 0.25) is 5.91 Å². The number of nitrogens with two attached hydrogens (primary N) is 1. The van der Waals surface area contributed by atoms with Gasteiger partial charge in [0, 0.05) is 24.3 Å². The van der Waals surface area contributed by atoms with Gasteiger partial charge in [-0.1, -0.05) is 29.8 Å². The number of carbonyl (C=O) groups excluding carboxylic acids is 2. The van der Waals surface area contributed by atoms with Gasteiger partial charge in [-0.2, -0.15) is 5.26 Å². The Hall–Kier alpha value is -3.41. The SMILES string of the molecule is N#Cc1ccccc1Oc1cc([C@H]2CC(=O)N(c3csc(C(N)=O)n3)C2)ccc1Cl. The number of thiazole rings is 1. The number of anilines is 1. The molecular weight excluding hydrogens is 424 g/mol. The summed E-state index contributed by atoms with van der Waals surface area (Å²) in [5.74, 6) is 0.439. The van der Waals surface area contributed by atoms with Gasteiger partial charge in [0.25, 0.3) is 5.91 Å². The maximum Gasteiger partial charge on any atom is 0.277 e. The fourth-order valence-corrected chi connectivity index (χ4v) is 4.09. The van der Waals surface area contributed by atoms with Crippen molar-refractivity contribution in [3.63, 3.8) is 0 Å². The molecule has 2 aromatic carbocycles. The van der Waals surface area contributed by atoms with E-state index in [4.69, 9.17) is 22.1 Å². The molecule has 3 aromatic rings. The quantitative estimate of drug-likeness (QED) is 0.645. The summed E-state index contributed by atoms with van der Waals surface area (Å²) in [6.45, 7) is 0.413. The molecule has 4 rings (SSSR count). The number of nitrogens with zero attached hydrogens (tertiary/aromatic N) is 3. The molecule has 7 nitrogen and oxygen atoms in total. The summed E-state index contributed by atoms with van der Waals surface area (Å²) in [6.07, 6.45) is 0.291. The Morgan fingerprint density at radius 3 is 2.83 bits per heavy atom. The first-order chi connectivity index (χ1) is 14.5. The number of benzene rings is 2. The third-order valence-electron chi connectivity index (χ3n) is 4.76. The number of halogens is 1. The zero-order valence-corrected chi connectivity index (χ0v) is 17.1. The van der Waals surface area contributed by atoms with Crippen LogP contribution in [0.1, 0.15) is 33.3 Å². The van der Waals surface area contributed by atoms with Crippen LogP contribution in [0.15, 0.2) is 47.8 Å². The highest BCUT2D eigenvalue weighted by molar-refractivity contribution is 7.12. The molecule has 1 aliphatic heterocycles. The third kappa shape index (κ3) is 3.85. The minimum atomic E-state index is -0.619. The van der Waals surface area contributed by atoms with E-state index in [1.54, 1.807) is 46.7 Å². The number of rotatable bonds is 5. The van der Waals surface area contributed by atoms with E-state index in [0.29, 0.717) is 40.9 Å². The molecule has 1 aliphatic rings. The third-order valence-corrected chi connectivity index (χ3v) is 5.92. The van der Waals surface area contributed by atoms with Gasteiger partial charge in [-0.05, 0) is 29.8 Å². The lowest BCUT2D eigenvalue weighted by Crippen LogP contribution is -2.25. The van der Waals surface area contributed by atoms with Crippen LogP contribution in [-0.4, -0.2) is 23.3 Å². The van der Waals surface area contributed by atoms with Gasteiger partial charge in [-0.3, -0.25) is 14.5 Å². The molecular formula is C21H15ClN4O3S. The Kier molecular flexibility index (Phi) is 5.40. The fraction of sp³-hybridized carbons (Fsp3) is 0.143. The van der Waals surface area contributed by atoms with Crippen LogP contribution in [0, 0.1) is 11.3 Å². The molecule has 30 heavy (non-hydrogen) atoms. The molecule has 9 heteroatoms. The summed E-state index contributed by atoms with van der Waals surface area (Å²) >= 11 is 7.41. The summed E-state index contributed by atoms with van der Waals surface area (Å²) in [7, 11) is 0. The molecule has 1 atom stereocenters. The monoisotopic (exact) mass is 438 g/mol. The van der Waals surface area contributed by atoms with Gasteiger partial charge in [0.15, 0.2) is 5.01 Å². The molecule has 2 heterocycles. The van der Waals surface area contributed by atoms with Crippen molar-refractivity contribution in [2.45, 2.75) is 12.3 Å². The molecule has 1 aromatic heterocycles. The van der Waals surface area contributed by atoms with E-state index in [2.05, 4.69) is 11.1 Å². The number of aromatic nitrogens is 1. The molecule has 1 fully saturated rings. The van der Waals surface area contributed by atoms with Crippen LogP contribution in [-0.2, 0) is 4.79 Å². The van der Waals surface area contributed by atoms with Gasteiger partial charge >= 0.3 is 0 Å². The summed E-state index contributed by atoms with van der Waals surface area (Å²) in [4.78, 5) is 29.5. The lowest BCUT2D eigenvalue weighted by Gasteiger charge is -2.15. The van der Waals surface area contributed by atoms with Crippen molar-refractivity contribution in [1.82, 2.24) is 4.98 Å². The zero-order valence-electron chi connectivity index (χ0n) is 15.5. The standard InChI is InChI=1S/C21H15ClN4O3S/c22-15-6-5-12(7-17(15)29-16-4-2-1-3-13(16)9-23)14-8-19(27)26(10-14)18-11-30-21(25-18)20(24)28/h1-7,11,14H,8,10H2,(H2,24,28)/t14-/m0/s1. The van der Waals surface area contributed by atoms with E-state index < -0.39 is 5.91 Å². The van der Waals surface area contributed by atoms with E-state index in [1.165, 1.54) is 0 Å². The number of para-hydroxylation sites is 1. The number of nitriles is 1.